The highest BCUT2D eigenvalue weighted by atomic mass is 19.1. The molecule has 0 radical (unpaired) electrons. The van der Waals surface area contributed by atoms with E-state index in [-0.39, 0.29) is 6.42 Å². The predicted octanol–water partition coefficient (Wildman–Crippen LogP) is 3.32. The summed E-state index contributed by atoms with van der Waals surface area (Å²) in [6.45, 7) is 0. The van der Waals surface area contributed by atoms with E-state index < -0.39 is 18.6 Å². The van der Waals surface area contributed by atoms with Gasteiger partial charge in [-0.1, -0.05) is 36.4 Å². The molecule has 0 fully saturated rings. The maximum atomic E-state index is 13.6. The molecule has 114 valence electrons. The Morgan fingerprint density at radius 1 is 1.09 bits per heavy atom. The molecule has 0 amide bonds. The second-order valence-electron chi connectivity index (χ2n) is 4.80. The molecule has 1 heterocycles. The molecule has 2 aromatic carbocycles. The van der Waals surface area contributed by atoms with E-state index in [0.717, 1.165) is 0 Å². The van der Waals surface area contributed by atoms with Gasteiger partial charge in [-0.3, -0.25) is 4.79 Å². The second kappa shape index (κ2) is 6.13. The van der Waals surface area contributed by atoms with Gasteiger partial charge in [0, 0.05) is 11.1 Å². The summed E-state index contributed by atoms with van der Waals surface area (Å²) >= 11 is 0. The number of aliphatic carboxylic acids is 1. The standard InChI is InChI=1S/C16H13FO5/c17-15-12-3-1-2-4-13(12)16(22-21-15)20-11-7-5-10(6-8-11)9-14(18)19/h1-8,15-16H,9H2,(H,18,19). The van der Waals surface area contributed by atoms with Crippen LogP contribution in [-0.4, -0.2) is 11.1 Å². The van der Waals surface area contributed by atoms with Crippen LogP contribution in [0.15, 0.2) is 48.5 Å². The number of carboxylic acids is 1. The molecular formula is C16H13FO5. The molecule has 22 heavy (non-hydrogen) atoms. The fourth-order valence-electron chi connectivity index (χ4n) is 2.20. The monoisotopic (exact) mass is 304 g/mol. The van der Waals surface area contributed by atoms with Crippen molar-refractivity contribution >= 4 is 5.97 Å². The number of fused-ring (bicyclic) bond motifs is 1. The first-order valence-electron chi connectivity index (χ1n) is 6.66. The van der Waals surface area contributed by atoms with E-state index in [4.69, 9.17) is 14.7 Å². The van der Waals surface area contributed by atoms with Crippen molar-refractivity contribution in [2.75, 3.05) is 0 Å². The lowest BCUT2D eigenvalue weighted by molar-refractivity contribution is -0.423. The molecule has 2 unspecified atom stereocenters. The van der Waals surface area contributed by atoms with Crippen molar-refractivity contribution in [2.45, 2.75) is 19.1 Å². The van der Waals surface area contributed by atoms with Gasteiger partial charge in [-0.2, -0.15) is 9.78 Å². The predicted molar refractivity (Wildman–Crippen MR) is 73.6 cm³/mol. The molecule has 1 aliphatic rings. The first kappa shape index (κ1) is 14.5. The van der Waals surface area contributed by atoms with Crippen LogP contribution in [0.5, 0.6) is 5.75 Å². The molecule has 0 aliphatic carbocycles. The minimum absolute atomic E-state index is 0.0598. The third kappa shape index (κ3) is 3.08. The highest BCUT2D eigenvalue weighted by molar-refractivity contribution is 5.70. The molecule has 2 atom stereocenters. The highest BCUT2D eigenvalue weighted by Crippen LogP contribution is 2.36. The van der Waals surface area contributed by atoms with Crippen LogP contribution in [0.4, 0.5) is 4.39 Å². The molecule has 1 N–H and O–H groups in total. The molecule has 6 heteroatoms. The number of halogens is 1. The van der Waals surface area contributed by atoms with Crippen LogP contribution in [-0.2, 0) is 21.0 Å². The number of rotatable bonds is 4. The van der Waals surface area contributed by atoms with Gasteiger partial charge in [0.1, 0.15) is 5.75 Å². The number of ether oxygens (including phenoxy) is 1. The molecule has 0 aromatic heterocycles. The van der Waals surface area contributed by atoms with Gasteiger partial charge in [0.05, 0.1) is 6.42 Å². The van der Waals surface area contributed by atoms with Crippen LogP contribution in [0.2, 0.25) is 0 Å². The quantitative estimate of drug-likeness (QED) is 0.878. The van der Waals surface area contributed by atoms with E-state index in [9.17, 15) is 9.18 Å². The van der Waals surface area contributed by atoms with Gasteiger partial charge in [-0.05, 0) is 17.7 Å². The smallest absolute Gasteiger partial charge is 0.307 e. The topological polar surface area (TPSA) is 65.0 Å². The minimum atomic E-state index is -1.64. The summed E-state index contributed by atoms with van der Waals surface area (Å²) < 4.78 is 19.2. The van der Waals surface area contributed by atoms with Crippen molar-refractivity contribution < 1.29 is 28.8 Å². The van der Waals surface area contributed by atoms with Crippen molar-refractivity contribution in [1.29, 1.82) is 0 Å². The Kier molecular flexibility index (Phi) is 4.04. The molecule has 3 rings (SSSR count). The summed E-state index contributed by atoms with van der Waals surface area (Å²) in [7, 11) is 0. The number of carbonyl (C=O) groups is 1. The molecule has 0 saturated heterocycles. The van der Waals surface area contributed by atoms with Gasteiger partial charge < -0.3 is 9.84 Å². The average molecular weight is 304 g/mol. The van der Waals surface area contributed by atoms with Gasteiger partial charge in [-0.25, -0.2) is 4.39 Å². The van der Waals surface area contributed by atoms with Gasteiger partial charge in [0.15, 0.2) is 0 Å². The maximum Gasteiger partial charge on any atom is 0.307 e. The van der Waals surface area contributed by atoms with Crippen molar-refractivity contribution in [3.63, 3.8) is 0 Å². The fourth-order valence-corrected chi connectivity index (χ4v) is 2.20. The Morgan fingerprint density at radius 3 is 2.45 bits per heavy atom. The summed E-state index contributed by atoms with van der Waals surface area (Å²) in [5, 5.41) is 8.73. The number of benzene rings is 2. The number of alkyl halides is 1. The zero-order valence-electron chi connectivity index (χ0n) is 11.4. The molecule has 2 aromatic rings. The third-order valence-corrected chi connectivity index (χ3v) is 3.24. The van der Waals surface area contributed by atoms with Gasteiger partial charge >= 0.3 is 5.97 Å². The van der Waals surface area contributed by atoms with E-state index >= 15 is 0 Å². The summed E-state index contributed by atoms with van der Waals surface area (Å²) in [6.07, 6.45) is -2.59. The largest absolute Gasteiger partial charge is 0.481 e. The number of carboxylic acid groups (broad SMARTS) is 1. The van der Waals surface area contributed by atoms with Crippen LogP contribution >= 0.6 is 0 Å². The number of hydrogen-bond acceptors (Lipinski definition) is 4. The van der Waals surface area contributed by atoms with Crippen LogP contribution in [0.1, 0.15) is 29.3 Å². The Labute approximate surface area is 125 Å². The summed E-state index contributed by atoms with van der Waals surface area (Å²) in [4.78, 5) is 20.2. The highest BCUT2D eigenvalue weighted by Gasteiger charge is 2.30. The Bertz CT molecular complexity index is 670. The summed E-state index contributed by atoms with van der Waals surface area (Å²) in [5.41, 5.74) is 1.57. The average Bonchev–Trinajstić information content (AvgIpc) is 2.52. The third-order valence-electron chi connectivity index (χ3n) is 3.24. The zero-order valence-corrected chi connectivity index (χ0v) is 11.4. The first-order valence-corrected chi connectivity index (χ1v) is 6.66. The lowest BCUT2D eigenvalue weighted by atomic mass is 10.1. The van der Waals surface area contributed by atoms with Gasteiger partial charge in [0.25, 0.3) is 12.6 Å². The van der Waals surface area contributed by atoms with Crippen LogP contribution in [0, 0.1) is 0 Å². The molecule has 5 nitrogen and oxygen atoms in total. The molecule has 1 aliphatic heterocycles. The van der Waals surface area contributed by atoms with Gasteiger partial charge in [-0.15, -0.1) is 0 Å². The zero-order chi connectivity index (χ0) is 15.5. The van der Waals surface area contributed by atoms with E-state index in [1.165, 1.54) is 0 Å². The molecule has 0 spiro atoms. The van der Waals surface area contributed by atoms with E-state index in [2.05, 4.69) is 4.89 Å². The normalized spacial score (nSPS) is 20.2. The maximum absolute atomic E-state index is 13.6. The SMILES string of the molecule is O=C(O)Cc1ccc(OC2OOC(F)c3ccccc32)cc1. The van der Waals surface area contributed by atoms with Crippen molar-refractivity contribution in [1.82, 2.24) is 0 Å². The van der Waals surface area contributed by atoms with E-state index in [1.807, 2.05) is 0 Å². The van der Waals surface area contributed by atoms with Crippen LogP contribution in [0.25, 0.3) is 0 Å². The molecule has 0 bridgehead atoms. The Hall–Kier alpha value is -2.44. The van der Waals surface area contributed by atoms with Crippen LogP contribution < -0.4 is 4.74 Å². The lowest BCUT2D eigenvalue weighted by Crippen LogP contribution is -2.21. The Morgan fingerprint density at radius 2 is 1.77 bits per heavy atom. The first-order chi connectivity index (χ1) is 10.6. The molecule has 0 saturated carbocycles. The number of hydrogen-bond donors (Lipinski definition) is 1. The van der Waals surface area contributed by atoms with E-state index in [1.54, 1.807) is 48.5 Å². The Balaban J connectivity index is 1.76. The van der Waals surface area contributed by atoms with Gasteiger partial charge in [0.2, 0.25) is 0 Å². The summed E-state index contributed by atoms with van der Waals surface area (Å²) in [6, 6.07) is 13.3. The fraction of sp³-hybridized carbons (Fsp3) is 0.188. The molecular weight excluding hydrogens is 291 g/mol. The minimum Gasteiger partial charge on any atom is -0.481 e. The van der Waals surface area contributed by atoms with E-state index in [0.29, 0.717) is 22.4 Å². The lowest BCUT2D eigenvalue weighted by Gasteiger charge is -2.27. The van der Waals surface area contributed by atoms with Crippen LogP contribution in [0.3, 0.4) is 0 Å². The van der Waals surface area contributed by atoms with Crippen molar-refractivity contribution in [2.24, 2.45) is 0 Å². The van der Waals surface area contributed by atoms with Crippen molar-refractivity contribution in [3.05, 3.63) is 65.2 Å². The second-order valence-corrected chi connectivity index (χ2v) is 4.80. The summed E-state index contributed by atoms with van der Waals surface area (Å²) in [5.74, 6) is -0.435. The van der Waals surface area contributed by atoms with Crippen molar-refractivity contribution in [3.8, 4) is 5.75 Å².